The Balaban J connectivity index is 1.03. The molecule has 0 spiro atoms. The first-order valence-electron chi connectivity index (χ1n) is 18.0. The first kappa shape index (κ1) is 32.6. The van der Waals surface area contributed by atoms with E-state index in [4.69, 9.17) is 0 Å². The van der Waals surface area contributed by atoms with E-state index in [-0.39, 0.29) is 0 Å². The monoisotopic (exact) mass is 735 g/mol. The van der Waals surface area contributed by atoms with Crippen LogP contribution in [0.5, 0.6) is 0 Å². The Morgan fingerprint density at radius 3 is 1.13 bits per heavy atom. The van der Waals surface area contributed by atoms with Gasteiger partial charge < -0.3 is 4.90 Å². The van der Waals surface area contributed by atoms with Crippen LogP contribution in [-0.4, -0.2) is 0 Å². The van der Waals surface area contributed by atoms with Crippen LogP contribution in [0.1, 0.15) is 11.1 Å². The third-order valence-electron chi connectivity index (χ3n) is 10.4. The van der Waals surface area contributed by atoms with Crippen molar-refractivity contribution in [1.82, 2.24) is 0 Å². The van der Waals surface area contributed by atoms with Gasteiger partial charge in [0.05, 0.1) is 11.1 Å². The van der Waals surface area contributed by atoms with Gasteiger partial charge in [-0.05, 0) is 118 Å². The first-order valence-corrected chi connectivity index (χ1v) is 19.7. The SMILES string of the molecule is N#Cc1ccc(-c2ccc(N(c3ccc(-c4ccc5sc6ccccc6c5c4)cc3)c3ccc(-c4ccc5sc6ccccc6c5c4)cc3)cc2)cc1C#N. The number of hydrogen-bond donors (Lipinski definition) is 0. The molecule has 55 heavy (non-hydrogen) atoms. The minimum atomic E-state index is 0.378. The van der Waals surface area contributed by atoms with Crippen molar-refractivity contribution in [2.75, 3.05) is 4.90 Å². The van der Waals surface area contributed by atoms with Gasteiger partial charge >= 0.3 is 0 Å². The second kappa shape index (κ2) is 13.4. The van der Waals surface area contributed by atoms with Gasteiger partial charge in [-0.1, -0.05) is 91.0 Å². The van der Waals surface area contributed by atoms with E-state index in [1.54, 1.807) is 12.1 Å². The summed E-state index contributed by atoms with van der Waals surface area (Å²) in [5.74, 6) is 0. The highest BCUT2D eigenvalue weighted by molar-refractivity contribution is 7.26. The minimum absolute atomic E-state index is 0.378. The predicted molar refractivity (Wildman–Crippen MR) is 233 cm³/mol. The number of anilines is 3. The fourth-order valence-electron chi connectivity index (χ4n) is 7.58. The molecule has 2 aromatic heterocycles. The lowest BCUT2D eigenvalue weighted by molar-refractivity contribution is 1.28. The topological polar surface area (TPSA) is 50.8 Å². The summed E-state index contributed by atoms with van der Waals surface area (Å²) in [6.07, 6.45) is 0. The van der Waals surface area contributed by atoms with E-state index < -0.39 is 0 Å². The Morgan fingerprint density at radius 2 is 0.691 bits per heavy atom. The number of rotatable bonds is 6. The average Bonchev–Trinajstić information content (AvgIpc) is 3.82. The van der Waals surface area contributed by atoms with Crippen molar-refractivity contribution in [3.63, 3.8) is 0 Å². The fraction of sp³-hybridized carbons (Fsp3) is 0. The van der Waals surface area contributed by atoms with Crippen molar-refractivity contribution in [1.29, 1.82) is 10.5 Å². The summed E-state index contributed by atoms with van der Waals surface area (Å²) in [5.41, 5.74) is 10.4. The molecule has 8 aromatic carbocycles. The Bertz CT molecular complexity index is 3000. The molecule has 0 aliphatic heterocycles. The van der Waals surface area contributed by atoms with E-state index >= 15 is 0 Å². The van der Waals surface area contributed by atoms with E-state index in [0.717, 1.165) is 39.3 Å². The first-order chi connectivity index (χ1) is 27.1. The second-order valence-electron chi connectivity index (χ2n) is 13.6. The van der Waals surface area contributed by atoms with E-state index in [0.29, 0.717) is 11.1 Å². The van der Waals surface area contributed by atoms with Gasteiger partial charge in [0.2, 0.25) is 0 Å². The van der Waals surface area contributed by atoms with E-state index in [1.807, 2.05) is 28.7 Å². The number of fused-ring (bicyclic) bond motifs is 6. The molecule has 5 heteroatoms. The number of thiophene rings is 2. The second-order valence-corrected chi connectivity index (χ2v) is 15.7. The van der Waals surface area contributed by atoms with Crippen LogP contribution in [0.4, 0.5) is 17.1 Å². The maximum Gasteiger partial charge on any atom is 0.101 e. The zero-order valence-electron chi connectivity index (χ0n) is 29.4. The van der Waals surface area contributed by atoms with Crippen molar-refractivity contribution in [2.45, 2.75) is 0 Å². The number of nitriles is 2. The molecule has 0 atom stereocenters. The molecule has 256 valence electrons. The van der Waals surface area contributed by atoms with Crippen molar-refractivity contribution in [2.24, 2.45) is 0 Å². The van der Waals surface area contributed by atoms with Gasteiger partial charge in [0.15, 0.2) is 0 Å². The third kappa shape index (κ3) is 5.80. The van der Waals surface area contributed by atoms with Crippen LogP contribution in [0.25, 0.3) is 73.7 Å². The summed E-state index contributed by atoms with van der Waals surface area (Å²) in [7, 11) is 0. The summed E-state index contributed by atoms with van der Waals surface area (Å²) in [6.45, 7) is 0. The lowest BCUT2D eigenvalue weighted by Crippen LogP contribution is -2.09. The van der Waals surface area contributed by atoms with Gasteiger partial charge in [0.25, 0.3) is 0 Å². The summed E-state index contributed by atoms with van der Waals surface area (Å²) in [5, 5.41) is 24.2. The molecule has 0 bridgehead atoms. The van der Waals surface area contributed by atoms with Gasteiger partial charge in [-0.3, -0.25) is 0 Å². The molecule has 0 radical (unpaired) electrons. The molecule has 10 aromatic rings. The summed E-state index contributed by atoms with van der Waals surface area (Å²) in [6, 6.07) is 66.5. The van der Waals surface area contributed by atoms with E-state index in [2.05, 4.69) is 175 Å². The third-order valence-corrected chi connectivity index (χ3v) is 12.7. The van der Waals surface area contributed by atoms with Gasteiger partial charge in [0, 0.05) is 57.4 Å². The molecule has 2 heterocycles. The molecule has 0 aliphatic carbocycles. The zero-order valence-corrected chi connectivity index (χ0v) is 31.0. The predicted octanol–water partition coefficient (Wildman–Crippen LogP) is 14.6. The van der Waals surface area contributed by atoms with E-state index in [1.165, 1.54) is 51.5 Å². The molecular weight excluding hydrogens is 707 g/mol. The van der Waals surface area contributed by atoms with Crippen LogP contribution in [0.15, 0.2) is 176 Å². The summed E-state index contributed by atoms with van der Waals surface area (Å²) in [4.78, 5) is 2.28. The van der Waals surface area contributed by atoms with Gasteiger partial charge in [-0.15, -0.1) is 22.7 Å². The smallest absolute Gasteiger partial charge is 0.101 e. The molecule has 0 unspecified atom stereocenters. The van der Waals surface area contributed by atoms with Gasteiger partial charge in [0.1, 0.15) is 12.1 Å². The number of hydrogen-bond acceptors (Lipinski definition) is 5. The van der Waals surface area contributed by atoms with Crippen LogP contribution in [-0.2, 0) is 0 Å². The Morgan fingerprint density at radius 1 is 0.327 bits per heavy atom. The Hall–Kier alpha value is -7.02. The molecular formula is C50H29N3S2. The van der Waals surface area contributed by atoms with Crippen LogP contribution in [0, 0.1) is 22.7 Å². The molecule has 3 nitrogen and oxygen atoms in total. The van der Waals surface area contributed by atoms with Gasteiger partial charge in [-0.25, -0.2) is 0 Å². The van der Waals surface area contributed by atoms with Crippen LogP contribution < -0.4 is 4.90 Å². The summed E-state index contributed by atoms with van der Waals surface area (Å²) >= 11 is 3.67. The largest absolute Gasteiger partial charge is 0.311 e. The Labute approximate surface area is 326 Å². The van der Waals surface area contributed by atoms with E-state index in [9.17, 15) is 10.5 Å². The highest BCUT2D eigenvalue weighted by Crippen LogP contribution is 2.41. The number of nitrogens with zero attached hydrogens (tertiary/aromatic N) is 3. The maximum absolute atomic E-state index is 9.63. The van der Waals surface area contributed by atoms with Crippen LogP contribution in [0.2, 0.25) is 0 Å². The maximum atomic E-state index is 9.63. The highest BCUT2D eigenvalue weighted by atomic mass is 32.1. The van der Waals surface area contributed by atoms with Crippen molar-refractivity contribution in [3.05, 3.63) is 187 Å². The summed E-state index contributed by atoms with van der Waals surface area (Å²) < 4.78 is 5.21. The van der Waals surface area contributed by atoms with Crippen LogP contribution in [0.3, 0.4) is 0 Å². The van der Waals surface area contributed by atoms with Crippen molar-refractivity contribution in [3.8, 4) is 45.5 Å². The quantitative estimate of drug-likeness (QED) is 0.171. The van der Waals surface area contributed by atoms with Gasteiger partial charge in [-0.2, -0.15) is 10.5 Å². The minimum Gasteiger partial charge on any atom is -0.311 e. The standard InChI is InChI=1S/C50H29N3S2/c51-30-38-10-9-35(27-39(38)31-52)32-11-19-40(20-12-32)53(41-21-13-33(14-22-41)36-17-25-49-45(28-36)43-5-1-3-7-47(43)54-49)42-23-15-34(16-24-42)37-18-26-50-46(29-37)44-6-2-4-8-48(44)55-50/h1-29H. The molecule has 0 fully saturated rings. The normalized spacial score (nSPS) is 11.2. The lowest BCUT2D eigenvalue weighted by atomic mass is 9.99. The Kier molecular flexibility index (Phi) is 7.97. The molecule has 0 saturated carbocycles. The number of benzene rings is 8. The van der Waals surface area contributed by atoms with Crippen LogP contribution >= 0.6 is 22.7 Å². The highest BCUT2D eigenvalue weighted by Gasteiger charge is 2.15. The molecule has 10 rings (SSSR count). The molecule has 0 N–H and O–H groups in total. The molecule has 0 saturated heterocycles. The lowest BCUT2D eigenvalue weighted by Gasteiger charge is -2.26. The van der Waals surface area contributed by atoms with Crippen molar-refractivity contribution >= 4 is 80.1 Å². The van der Waals surface area contributed by atoms with Crippen molar-refractivity contribution < 1.29 is 0 Å². The molecule has 0 amide bonds. The fourth-order valence-corrected chi connectivity index (χ4v) is 9.75. The average molecular weight is 736 g/mol. The molecule has 0 aliphatic rings. The zero-order chi connectivity index (χ0) is 36.9.